The van der Waals surface area contributed by atoms with E-state index in [4.69, 9.17) is 9.47 Å². The Kier molecular flexibility index (Phi) is 19.8. The van der Waals surface area contributed by atoms with Crippen LogP contribution in [0.5, 0.6) is 5.75 Å². The van der Waals surface area contributed by atoms with E-state index in [9.17, 15) is 4.79 Å². The van der Waals surface area contributed by atoms with E-state index in [-0.39, 0.29) is 12.1 Å². The van der Waals surface area contributed by atoms with Crippen LogP contribution in [0.1, 0.15) is 161 Å². The topological polar surface area (TPSA) is 35.5 Å². The number of hydrogen-bond donors (Lipinski definition) is 0. The maximum Gasteiger partial charge on any atom is 0.306 e. The molecule has 0 fully saturated rings. The molecule has 3 heteroatoms. The predicted octanol–water partition coefficient (Wildman–Crippen LogP) is 12.2. The number of esters is 1. The molecule has 230 valence electrons. The van der Waals surface area contributed by atoms with E-state index in [1.807, 2.05) is 6.92 Å². The molecule has 3 nitrogen and oxygen atoms in total. The lowest BCUT2D eigenvalue weighted by Gasteiger charge is -2.14. The zero-order valence-electron chi connectivity index (χ0n) is 26.8. The molecular weight excluding hydrogens is 504 g/mol. The zero-order valence-corrected chi connectivity index (χ0v) is 26.8. The highest BCUT2D eigenvalue weighted by molar-refractivity contribution is 5.70. The van der Waals surface area contributed by atoms with Crippen LogP contribution < -0.4 is 4.74 Å². The molecule has 1 atom stereocenters. The van der Waals surface area contributed by atoms with Crippen LogP contribution in [0, 0.1) is 0 Å². The lowest BCUT2D eigenvalue weighted by molar-refractivity contribution is -0.148. The van der Waals surface area contributed by atoms with Crippen molar-refractivity contribution < 1.29 is 14.3 Å². The van der Waals surface area contributed by atoms with Crippen molar-refractivity contribution in [2.24, 2.45) is 0 Å². The van der Waals surface area contributed by atoms with Crippen LogP contribution in [0.4, 0.5) is 0 Å². The molecule has 0 amide bonds. The Labute approximate surface area is 252 Å². The van der Waals surface area contributed by atoms with Crippen molar-refractivity contribution >= 4 is 5.97 Å². The molecule has 0 radical (unpaired) electrons. The van der Waals surface area contributed by atoms with Crippen molar-refractivity contribution in [2.75, 3.05) is 6.61 Å². The summed E-state index contributed by atoms with van der Waals surface area (Å²) in [6.07, 6.45) is 25.1. The molecule has 1 unspecified atom stereocenters. The molecule has 2 aromatic rings. The second-order valence-corrected chi connectivity index (χ2v) is 11.9. The molecule has 0 saturated heterocycles. The van der Waals surface area contributed by atoms with E-state index >= 15 is 0 Å². The van der Waals surface area contributed by atoms with Gasteiger partial charge in [0.2, 0.25) is 0 Å². The number of unbranched alkanes of at least 4 members (excludes halogenated alkanes) is 17. The van der Waals surface area contributed by atoms with E-state index in [0.29, 0.717) is 6.42 Å². The van der Waals surface area contributed by atoms with Crippen LogP contribution in [-0.4, -0.2) is 12.6 Å². The molecule has 2 aromatic carbocycles. The fourth-order valence-corrected chi connectivity index (χ4v) is 5.37. The van der Waals surface area contributed by atoms with Gasteiger partial charge in [-0.15, -0.1) is 0 Å². The molecule has 0 aliphatic rings. The first-order valence-electron chi connectivity index (χ1n) is 17.2. The normalized spacial score (nSPS) is 11.9. The molecule has 0 aliphatic carbocycles. The van der Waals surface area contributed by atoms with Crippen molar-refractivity contribution in [2.45, 2.75) is 155 Å². The molecule has 0 heterocycles. The van der Waals surface area contributed by atoms with Gasteiger partial charge >= 0.3 is 5.97 Å². The highest BCUT2D eigenvalue weighted by atomic mass is 16.5. The third-order valence-electron chi connectivity index (χ3n) is 8.13. The monoisotopic (exact) mass is 564 g/mol. The minimum atomic E-state index is -0.225. The molecule has 0 aliphatic heterocycles. The standard InChI is InChI=1S/C38H60O3/c1-4-6-8-10-12-13-14-15-16-17-18-20-22-32-40-37-30-28-36(29-31-37)35-26-24-34(25-27-35)33(3)41-38(39)23-21-19-11-9-7-5-2/h24-31,33H,4-23,32H2,1-3H3. The van der Waals surface area contributed by atoms with E-state index < -0.39 is 0 Å². The lowest BCUT2D eigenvalue weighted by Crippen LogP contribution is -2.08. The second kappa shape index (κ2) is 23.3. The van der Waals surface area contributed by atoms with Gasteiger partial charge in [0.15, 0.2) is 0 Å². The Morgan fingerprint density at radius 2 is 0.976 bits per heavy atom. The Morgan fingerprint density at radius 1 is 0.561 bits per heavy atom. The summed E-state index contributed by atoms with van der Waals surface area (Å²) in [5, 5.41) is 0. The van der Waals surface area contributed by atoms with Crippen LogP contribution in [0.2, 0.25) is 0 Å². The van der Waals surface area contributed by atoms with Gasteiger partial charge in [-0.3, -0.25) is 4.79 Å². The Balaban J connectivity index is 1.56. The number of carbonyl (C=O) groups excluding carboxylic acids is 1. The van der Waals surface area contributed by atoms with Crippen LogP contribution in [0.3, 0.4) is 0 Å². The molecule has 2 rings (SSSR count). The van der Waals surface area contributed by atoms with E-state index in [2.05, 4.69) is 62.4 Å². The van der Waals surface area contributed by atoms with Crippen molar-refractivity contribution in [1.29, 1.82) is 0 Å². The highest BCUT2D eigenvalue weighted by Crippen LogP contribution is 2.26. The fraction of sp³-hybridized carbons (Fsp3) is 0.658. The third kappa shape index (κ3) is 16.7. The maximum absolute atomic E-state index is 12.2. The second-order valence-electron chi connectivity index (χ2n) is 11.9. The van der Waals surface area contributed by atoms with Crippen LogP contribution in [0.15, 0.2) is 48.5 Å². The predicted molar refractivity (Wildman–Crippen MR) is 176 cm³/mol. The smallest absolute Gasteiger partial charge is 0.306 e. The van der Waals surface area contributed by atoms with Crippen LogP contribution in [0.25, 0.3) is 11.1 Å². The van der Waals surface area contributed by atoms with Gasteiger partial charge in [0.05, 0.1) is 6.61 Å². The largest absolute Gasteiger partial charge is 0.494 e. The number of rotatable bonds is 25. The summed E-state index contributed by atoms with van der Waals surface area (Å²) in [6.45, 7) is 7.25. The highest BCUT2D eigenvalue weighted by Gasteiger charge is 2.12. The molecular formula is C38H60O3. The van der Waals surface area contributed by atoms with Gasteiger partial charge in [0, 0.05) is 6.42 Å². The fourth-order valence-electron chi connectivity index (χ4n) is 5.37. The Morgan fingerprint density at radius 3 is 1.46 bits per heavy atom. The van der Waals surface area contributed by atoms with Crippen molar-refractivity contribution in [1.82, 2.24) is 0 Å². The summed E-state index contributed by atoms with van der Waals surface area (Å²) in [4.78, 5) is 12.2. The molecule has 0 bridgehead atoms. The van der Waals surface area contributed by atoms with E-state index in [1.165, 1.54) is 103 Å². The van der Waals surface area contributed by atoms with Crippen molar-refractivity contribution in [3.05, 3.63) is 54.1 Å². The first kappa shape index (κ1) is 34.9. The minimum absolute atomic E-state index is 0.0912. The van der Waals surface area contributed by atoms with Crippen molar-refractivity contribution in [3.63, 3.8) is 0 Å². The summed E-state index contributed by atoms with van der Waals surface area (Å²) >= 11 is 0. The molecule has 0 aromatic heterocycles. The maximum atomic E-state index is 12.2. The minimum Gasteiger partial charge on any atom is -0.494 e. The van der Waals surface area contributed by atoms with Gasteiger partial charge in [-0.1, -0.05) is 159 Å². The molecule has 0 spiro atoms. The Hall–Kier alpha value is -2.29. The summed E-state index contributed by atoms with van der Waals surface area (Å²) in [5.41, 5.74) is 3.35. The SMILES string of the molecule is CCCCCCCCCCCCCCCOc1ccc(-c2ccc(C(C)OC(=O)CCCCCCCC)cc2)cc1. The number of carbonyl (C=O) groups is 1. The molecule has 41 heavy (non-hydrogen) atoms. The van der Waals surface area contributed by atoms with Crippen molar-refractivity contribution in [3.8, 4) is 16.9 Å². The number of hydrogen-bond acceptors (Lipinski definition) is 3. The average Bonchev–Trinajstić information content (AvgIpc) is 2.99. The number of benzene rings is 2. The number of ether oxygens (including phenoxy) is 2. The summed E-state index contributed by atoms with van der Waals surface area (Å²) < 4.78 is 11.7. The first-order chi connectivity index (χ1) is 20.1. The first-order valence-corrected chi connectivity index (χ1v) is 17.2. The van der Waals surface area contributed by atoms with E-state index in [0.717, 1.165) is 48.3 Å². The zero-order chi connectivity index (χ0) is 29.4. The van der Waals surface area contributed by atoms with Gasteiger partial charge in [-0.25, -0.2) is 0 Å². The third-order valence-corrected chi connectivity index (χ3v) is 8.13. The quantitative estimate of drug-likeness (QED) is 0.0888. The van der Waals surface area contributed by atoms with Gasteiger partial charge < -0.3 is 9.47 Å². The summed E-state index contributed by atoms with van der Waals surface area (Å²) in [6, 6.07) is 16.7. The Bertz CT molecular complexity index is 887. The van der Waals surface area contributed by atoms with Gasteiger partial charge in [0.1, 0.15) is 11.9 Å². The average molecular weight is 565 g/mol. The van der Waals surface area contributed by atoms with Gasteiger partial charge in [-0.05, 0) is 48.6 Å². The molecule has 0 N–H and O–H groups in total. The summed E-state index contributed by atoms with van der Waals surface area (Å²) in [7, 11) is 0. The van der Waals surface area contributed by atoms with E-state index in [1.54, 1.807) is 0 Å². The van der Waals surface area contributed by atoms with Crippen LogP contribution >= 0.6 is 0 Å². The molecule has 0 saturated carbocycles. The van der Waals surface area contributed by atoms with Gasteiger partial charge in [-0.2, -0.15) is 0 Å². The lowest BCUT2D eigenvalue weighted by atomic mass is 10.0. The van der Waals surface area contributed by atoms with Gasteiger partial charge in [0.25, 0.3) is 0 Å². The van der Waals surface area contributed by atoms with Crippen LogP contribution in [-0.2, 0) is 9.53 Å². The summed E-state index contributed by atoms with van der Waals surface area (Å²) in [5.74, 6) is 0.849.